The van der Waals surface area contributed by atoms with Crippen LogP contribution in [0.5, 0.6) is 0 Å². The largest absolute Gasteiger partial charge is 0.354 e. The summed E-state index contributed by atoms with van der Waals surface area (Å²) in [6, 6.07) is 8.00. The predicted molar refractivity (Wildman–Crippen MR) is 114 cm³/mol. The van der Waals surface area contributed by atoms with Crippen LogP contribution in [0.15, 0.2) is 29.3 Å². The van der Waals surface area contributed by atoms with E-state index in [1.54, 1.807) is 11.9 Å². The van der Waals surface area contributed by atoms with Crippen LogP contribution in [-0.4, -0.2) is 66.9 Å². The zero-order valence-electron chi connectivity index (χ0n) is 16.5. The molecule has 1 aromatic carbocycles. The van der Waals surface area contributed by atoms with Crippen molar-refractivity contribution in [3.8, 4) is 0 Å². The molecule has 2 aliphatic rings. The van der Waals surface area contributed by atoms with Gasteiger partial charge in [0.25, 0.3) is 5.91 Å². The third kappa shape index (κ3) is 5.41. The van der Waals surface area contributed by atoms with E-state index in [2.05, 4.69) is 27.2 Å². The predicted octanol–water partition coefficient (Wildman–Crippen LogP) is 1.21. The summed E-state index contributed by atoms with van der Waals surface area (Å²) in [7, 11) is 1.78. The second-order valence-corrected chi connectivity index (χ2v) is 8.35. The molecule has 1 aliphatic carbocycles. The van der Waals surface area contributed by atoms with Crippen LogP contribution in [-0.2, 0) is 11.3 Å². The molecule has 1 saturated carbocycles. The number of nitrogens with zero attached hydrogens (tertiary/aromatic N) is 2. The molecule has 2 fully saturated rings. The number of hydrogen-bond acceptors (Lipinski definition) is 4. The van der Waals surface area contributed by atoms with Crippen LogP contribution in [0.4, 0.5) is 0 Å². The van der Waals surface area contributed by atoms with Gasteiger partial charge in [-0.3, -0.25) is 14.6 Å². The molecule has 2 amide bonds. The number of piperazine rings is 1. The van der Waals surface area contributed by atoms with Gasteiger partial charge in [0.1, 0.15) is 0 Å². The van der Waals surface area contributed by atoms with Gasteiger partial charge in [-0.1, -0.05) is 12.1 Å². The lowest BCUT2D eigenvalue weighted by molar-refractivity contribution is -0.123. The quantitative estimate of drug-likeness (QED) is 0.508. The molecule has 0 bridgehead atoms. The van der Waals surface area contributed by atoms with Crippen molar-refractivity contribution in [2.45, 2.75) is 37.1 Å². The Morgan fingerprint density at radius 1 is 1.32 bits per heavy atom. The Morgan fingerprint density at radius 2 is 2.11 bits per heavy atom. The lowest BCUT2D eigenvalue weighted by Gasteiger charge is -2.26. The van der Waals surface area contributed by atoms with E-state index in [-0.39, 0.29) is 18.4 Å². The fraction of sp³-hybridized carbons (Fsp3) is 0.550. The van der Waals surface area contributed by atoms with Gasteiger partial charge in [-0.2, -0.15) is 11.8 Å². The zero-order chi connectivity index (χ0) is 19.9. The number of nitrogens with one attached hydrogen (secondary N) is 3. The Bertz CT molecular complexity index is 722. The summed E-state index contributed by atoms with van der Waals surface area (Å²) in [6.45, 7) is 1.83. The number of carbonyl (C=O) groups excluding carboxylic acids is 2. The van der Waals surface area contributed by atoms with Gasteiger partial charge in [-0.15, -0.1) is 0 Å². The molecule has 2 unspecified atom stereocenters. The number of thioether (sulfide) groups is 1. The highest BCUT2D eigenvalue weighted by Crippen LogP contribution is 2.28. The normalized spacial score (nSPS) is 22.7. The third-order valence-corrected chi connectivity index (χ3v) is 6.36. The van der Waals surface area contributed by atoms with Gasteiger partial charge >= 0.3 is 0 Å². The highest BCUT2D eigenvalue weighted by Gasteiger charge is 2.24. The van der Waals surface area contributed by atoms with Gasteiger partial charge in [0.2, 0.25) is 5.91 Å². The first-order valence-corrected chi connectivity index (χ1v) is 11.0. The number of benzene rings is 1. The van der Waals surface area contributed by atoms with E-state index >= 15 is 0 Å². The number of aliphatic imine (C=N–C) groups is 1. The maximum absolute atomic E-state index is 12.5. The minimum absolute atomic E-state index is 0.101. The fourth-order valence-corrected chi connectivity index (χ4v) is 4.42. The average Bonchev–Trinajstić information content (AvgIpc) is 3.18. The number of rotatable bonds is 5. The van der Waals surface area contributed by atoms with Gasteiger partial charge in [0.05, 0.1) is 6.54 Å². The summed E-state index contributed by atoms with van der Waals surface area (Å²) in [5.74, 6) is 0.605. The molecule has 152 valence electrons. The van der Waals surface area contributed by atoms with Crippen LogP contribution < -0.4 is 16.0 Å². The molecule has 1 aromatic rings. The van der Waals surface area contributed by atoms with Crippen molar-refractivity contribution in [1.82, 2.24) is 20.9 Å². The molecule has 28 heavy (non-hydrogen) atoms. The maximum Gasteiger partial charge on any atom is 0.254 e. The van der Waals surface area contributed by atoms with Crippen LogP contribution in [0, 0.1) is 0 Å². The molecule has 1 aliphatic heterocycles. The molecular formula is C20H29N5O2S. The van der Waals surface area contributed by atoms with E-state index in [1.807, 2.05) is 36.0 Å². The Kier molecular flexibility index (Phi) is 7.19. The number of amides is 2. The number of carbonyl (C=O) groups is 2. The molecule has 8 heteroatoms. The third-order valence-electron chi connectivity index (χ3n) is 5.27. The Labute approximate surface area is 170 Å². The molecule has 1 saturated heterocycles. The van der Waals surface area contributed by atoms with Gasteiger partial charge < -0.3 is 20.9 Å². The molecule has 0 spiro atoms. The van der Waals surface area contributed by atoms with Gasteiger partial charge in [-0.05, 0) is 43.2 Å². The highest BCUT2D eigenvalue weighted by molar-refractivity contribution is 7.99. The topological polar surface area (TPSA) is 85.8 Å². The summed E-state index contributed by atoms with van der Waals surface area (Å²) in [4.78, 5) is 29.9. The average molecular weight is 404 g/mol. The Morgan fingerprint density at radius 3 is 2.75 bits per heavy atom. The van der Waals surface area contributed by atoms with Gasteiger partial charge in [0.15, 0.2) is 5.96 Å². The number of hydrogen-bond donors (Lipinski definition) is 3. The minimum atomic E-state index is -0.106. The van der Waals surface area contributed by atoms with Crippen molar-refractivity contribution in [2.24, 2.45) is 4.99 Å². The minimum Gasteiger partial charge on any atom is -0.354 e. The fourth-order valence-electron chi connectivity index (χ4n) is 3.62. The first kappa shape index (κ1) is 20.5. The standard InChI is InChI=1S/C20H29N5O2S/c1-21-20(24-16-7-8-17(11-16)28-2)23-12-14-3-5-15(6-4-14)19(27)25-10-9-22-18(26)13-25/h3-6,16-17H,7-13H2,1-2H3,(H,22,26)(H2,21,23,24). The molecule has 3 N–H and O–H groups in total. The van der Waals surface area contributed by atoms with E-state index < -0.39 is 0 Å². The van der Waals surface area contributed by atoms with Gasteiger partial charge in [0, 0.05) is 43.5 Å². The molecular weight excluding hydrogens is 374 g/mol. The smallest absolute Gasteiger partial charge is 0.254 e. The van der Waals surface area contributed by atoms with Crippen LogP contribution in [0.3, 0.4) is 0 Å². The Balaban J connectivity index is 1.49. The van der Waals surface area contributed by atoms with E-state index in [4.69, 9.17) is 0 Å². The SMILES string of the molecule is CN=C(NCc1ccc(C(=O)N2CCNC(=O)C2)cc1)NC1CCC(SC)C1. The van der Waals surface area contributed by atoms with Crippen molar-refractivity contribution >= 4 is 29.5 Å². The van der Waals surface area contributed by atoms with Crippen LogP contribution in [0.2, 0.25) is 0 Å². The van der Waals surface area contributed by atoms with Crippen molar-refractivity contribution in [3.63, 3.8) is 0 Å². The van der Waals surface area contributed by atoms with Crippen molar-refractivity contribution in [2.75, 3.05) is 32.9 Å². The molecule has 1 heterocycles. The van der Waals surface area contributed by atoms with Crippen LogP contribution in [0.25, 0.3) is 0 Å². The van der Waals surface area contributed by atoms with Crippen molar-refractivity contribution < 1.29 is 9.59 Å². The van der Waals surface area contributed by atoms with Crippen molar-refractivity contribution in [3.05, 3.63) is 35.4 Å². The Hall–Kier alpha value is -2.22. The summed E-state index contributed by atoms with van der Waals surface area (Å²) in [5, 5.41) is 10.3. The van der Waals surface area contributed by atoms with E-state index in [0.717, 1.165) is 16.8 Å². The van der Waals surface area contributed by atoms with E-state index in [9.17, 15) is 9.59 Å². The summed E-state index contributed by atoms with van der Waals surface area (Å²) in [6.07, 6.45) is 5.78. The monoisotopic (exact) mass is 403 g/mol. The van der Waals surface area contributed by atoms with E-state index in [1.165, 1.54) is 19.3 Å². The van der Waals surface area contributed by atoms with Crippen LogP contribution >= 0.6 is 11.8 Å². The summed E-state index contributed by atoms with van der Waals surface area (Å²) >= 11 is 1.94. The maximum atomic E-state index is 12.5. The first-order chi connectivity index (χ1) is 13.6. The zero-order valence-corrected chi connectivity index (χ0v) is 17.3. The van der Waals surface area contributed by atoms with E-state index in [0.29, 0.717) is 31.2 Å². The second-order valence-electron chi connectivity index (χ2n) is 7.21. The highest BCUT2D eigenvalue weighted by atomic mass is 32.2. The number of guanidine groups is 1. The summed E-state index contributed by atoms with van der Waals surface area (Å²) < 4.78 is 0. The van der Waals surface area contributed by atoms with Crippen molar-refractivity contribution in [1.29, 1.82) is 0 Å². The molecule has 2 atom stereocenters. The first-order valence-electron chi connectivity index (χ1n) is 9.74. The lowest BCUT2D eigenvalue weighted by atomic mass is 10.1. The van der Waals surface area contributed by atoms with Crippen LogP contribution in [0.1, 0.15) is 35.2 Å². The molecule has 3 rings (SSSR count). The molecule has 0 aromatic heterocycles. The second kappa shape index (κ2) is 9.82. The lowest BCUT2D eigenvalue weighted by Crippen LogP contribution is -2.49. The molecule has 0 radical (unpaired) electrons. The molecule has 7 nitrogen and oxygen atoms in total. The summed E-state index contributed by atoms with van der Waals surface area (Å²) in [5.41, 5.74) is 1.68. The van der Waals surface area contributed by atoms with Gasteiger partial charge in [-0.25, -0.2) is 0 Å².